The number of carbonyl (C=O) groups is 1. The van der Waals surface area contributed by atoms with Crippen molar-refractivity contribution in [3.63, 3.8) is 0 Å². The van der Waals surface area contributed by atoms with Crippen LogP contribution in [0.5, 0.6) is 5.75 Å². The monoisotopic (exact) mass is 550 g/mol. The molecule has 1 saturated heterocycles. The Kier molecular flexibility index (Phi) is 9.03. The Labute approximate surface area is 231 Å². The van der Waals surface area contributed by atoms with Crippen molar-refractivity contribution in [2.45, 2.75) is 50.6 Å². The van der Waals surface area contributed by atoms with Crippen LogP contribution in [-0.2, 0) is 9.53 Å². The van der Waals surface area contributed by atoms with Gasteiger partial charge in [-0.2, -0.15) is 0 Å². The number of anilines is 2. The van der Waals surface area contributed by atoms with Crippen LogP contribution in [0.3, 0.4) is 0 Å². The van der Waals surface area contributed by atoms with Gasteiger partial charge in [-0.1, -0.05) is 48.5 Å². The summed E-state index contributed by atoms with van der Waals surface area (Å²) in [6.45, 7) is 3.16. The molecule has 6 unspecified atom stereocenters. The Morgan fingerprint density at radius 2 is 1.68 bits per heavy atom. The van der Waals surface area contributed by atoms with Crippen LogP contribution in [0.1, 0.15) is 28.3 Å². The minimum Gasteiger partial charge on any atom is -0.462 e. The van der Waals surface area contributed by atoms with Crippen LogP contribution in [-0.4, -0.2) is 69.5 Å². The van der Waals surface area contributed by atoms with Crippen molar-refractivity contribution in [2.75, 3.05) is 17.2 Å². The maximum atomic E-state index is 13.9. The number of amides is 1. The number of hydrogen-bond acceptors (Lipinski definition) is 9. The summed E-state index contributed by atoms with van der Waals surface area (Å²) in [5, 5.41) is 54.4. The number of hydrogen-bond donors (Lipinski definition) is 8. The average molecular weight is 551 g/mol. The summed E-state index contributed by atoms with van der Waals surface area (Å²) in [4.78, 5) is 13.9. The zero-order valence-electron chi connectivity index (χ0n) is 22.1. The lowest BCUT2D eigenvalue weighted by Gasteiger charge is -2.40. The topological polar surface area (TPSA) is 190 Å². The van der Waals surface area contributed by atoms with Gasteiger partial charge in [0.25, 0.3) is 5.91 Å². The van der Waals surface area contributed by atoms with Gasteiger partial charge in [-0.25, -0.2) is 0 Å². The Balaban J connectivity index is 1.72. The van der Waals surface area contributed by atoms with Crippen molar-refractivity contribution >= 4 is 23.1 Å². The van der Waals surface area contributed by atoms with Crippen LogP contribution in [0.25, 0.3) is 0 Å². The third-order valence-electron chi connectivity index (χ3n) is 6.80. The molecule has 0 aliphatic carbocycles. The van der Waals surface area contributed by atoms with E-state index in [-0.39, 0.29) is 11.6 Å². The molecule has 6 atom stereocenters. The molecule has 1 heterocycles. The minimum atomic E-state index is -1.63. The van der Waals surface area contributed by atoms with Crippen molar-refractivity contribution in [3.05, 3.63) is 89.0 Å². The highest BCUT2D eigenvalue weighted by Crippen LogP contribution is 2.33. The fourth-order valence-corrected chi connectivity index (χ4v) is 4.55. The van der Waals surface area contributed by atoms with Gasteiger partial charge < -0.3 is 46.3 Å². The Morgan fingerprint density at radius 1 is 1.00 bits per heavy atom. The molecule has 212 valence electrons. The van der Waals surface area contributed by atoms with Gasteiger partial charge in [0.05, 0.1) is 6.61 Å². The number of carbonyl (C=O) groups excluding carboxylic acids is 1. The lowest BCUT2D eigenvalue weighted by molar-refractivity contribution is -0.277. The van der Waals surface area contributed by atoms with E-state index in [0.717, 1.165) is 11.1 Å². The molecule has 3 aromatic rings. The summed E-state index contributed by atoms with van der Waals surface area (Å²) in [6.07, 6.45) is -7.40. The standard InChI is InChI=1S/C29H34N4O7/c1-15-7-5-8-16(2)22(15)33-28(38)23(32-18-10-6-9-17(13-18)27(30)31)19-11-3-4-12-20(19)39-29-26(37)25(36)24(35)21(14-34)40-29/h3-13,21,23-26,29,32,34-37H,14H2,1-2H3,(H3,30,31)(H,33,38). The first-order chi connectivity index (χ1) is 19.1. The Morgan fingerprint density at radius 3 is 2.35 bits per heavy atom. The highest BCUT2D eigenvalue weighted by atomic mass is 16.7. The summed E-state index contributed by atoms with van der Waals surface area (Å²) in [7, 11) is 0. The molecule has 0 radical (unpaired) electrons. The average Bonchev–Trinajstić information content (AvgIpc) is 2.94. The van der Waals surface area contributed by atoms with E-state index < -0.39 is 49.3 Å². The molecule has 3 aromatic carbocycles. The summed E-state index contributed by atoms with van der Waals surface area (Å²) >= 11 is 0. The lowest BCUT2D eigenvalue weighted by Crippen LogP contribution is -2.60. The highest BCUT2D eigenvalue weighted by Gasteiger charge is 2.45. The smallest absolute Gasteiger partial charge is 0.251 e. The van der Waals surface area contributed by atoms with Gasteiger partial charge in [-0.15, -0.1) is 0 Å². The third kappa shape index (κ3) is 6.24. The lowest BCUT2D eigenvalue weighted by atomic mass is 9.99. The zero-order valence-corrected chi connectivity index (χ0v) is 22.1. The molecule has 1 aliphatic heterocycles. The molecule has 1 aliphatic rings. The molecule has 0 bridgehead atoms. The zero-order chi connectivity index (χ0) is 29.0. The summed E-state index contributed by atoms with van der Waals surface area (Å²) in [5.41, 5.74) is 9.41. The number of aliphatic hydroxyl groups excluding tert-OH is 4. The van der Waals surface area contributed by atoms with Gasteiger partial charge in [0.1, 0.15) is 42.0 Å². The van der Waals surface area contributed by atoms with Gasteiger partial charge in [0.2, 0.25) is 6.29 Å². The van der Waals surface area contributed by atoms with Crippen LogP contribution in [0.2, 0.25) is 0 Å². The minimum absolute atomic E-state index is 0.133. The largest absolute Gasteiger partial charge is 0.462 e. The van der Waals surface area contributed by atoms with E-state index in [1.54, 1.807) is 48.5 Å². The van der Waals surface area contributed by atoms with Gasteiger partial charge in [-0.3, -0.25) is 10.2 Å². The molecular weight excluding hydrogens is 516 g/mol. The number of nitrogens with two attached hydrogens (primary N) is 1. The van der Waals surface area contributed by atoms with E-state index in [0.29, 0.717) is 22.5 Å². The SMILES string of the molecule is Cc1cccc(C)c1NC(=O)C(Nc1cccc(C(=N)N)c1)c1ccccc1OC1OC(CO)C(O)C(O)C1O. The van der Waals surface area contributed by atoms with Gasteiger partial charge in [-0.05, 0) is 43.2 Å². The van der Waals surface area contributed by atoms with E-state index in [4.69, 9.17) is 20.6 Å². The highest BCUT2D eigenvalue weighted by molar-refractivity contribution is 5.99. The van der Waals surface area contributed by atoms with E-state index in [1.165, 1.54) is 0 Å². The quantitative estimate of drug-likeness (QED) is 0.144. The summed E-state index contributed by atoms with van der Waals surface area (Å²) in [6, 6.07) is 18.0. The van der Waals surface area contributed by atoms with Crippen molar-refractivity contribution in [1.29, 1.82) is 5.41 Å². The van der Waals surface area contributed by atoms with Gasteiger partial charge in [0, 0.05) is 22.5 Å². The number of para-hydroxylation sites is 2. The molecule has 11 heteroatoms. The molecule has 11 nitrogen and oxygen atoms in total. The predicted molar refractivity (Wildman–Crippen MR) is 149 cm³/mol. The molecule has 40 heavy (non-hydrogen) atoms. The second-order valence-electron chi connectivity index (χ2n) is 9.68. The van der Waals surface area contributed by atoms with Crippen LogP contribution in [0.4, 0.5) is 11.4 Å². The first-order valence-electron chi connectivity index (χ1n) is 12.7. The van der Waals surface area contributed by atoms with Crippen molar-refractivity contribution < 1.29 is 34.7 Å². The number of aliphatic hydroxyl groups is 4. The number of ether oxygens (including phenoxy) is 2. The van der Waals surface area contributed by atoms with E-state index in [2.05, 4.69) is 10.6 Å². The number of aryl methyl sites for hydroxylation is 2. The van der Waals surface area contributed by atoms with E-state index in [9.17, 15) is 25.2 Å². The summed E-state index contributed by atoms with van der Waals surface area (Å²) in [5.74, 6) is -0.397. The molecule has 9 N–H and O–H groups in total. The maximum absolute atomic E-state index is 13.9. The number of amidine groups is 1. The van der Waals surface area contributed by atoms with Gasteiger partial charge in [0.15, 0.2) is 0 Å². The molecule has 0 saturated carbocycles. The first kappa shape index (κ1) is 29.0. The van der Waals surface area contributed by atoms with Crippen LogP contribution >= 0.6 is 0 Å². The molecule has 4 rings (SSSR count). The number of benzene rings is 3. The fraction of sp³-hybridized carbons (Fsp3) is 0.310. The second kappa shape index (κ2) is 12.5. The normalized spacial score (nSPS) is 23.2. The first-order valence-corrected chi connectivity index (χ1v) is 12.7. The summed E-state index contributed by atoms with van der Waals surface area (Å²) < 4.78 is 11.5. The van der Waals surface area contributed by atoms with Crippen LogP contribution in [0, 0.1) is 19.3 Å². The van der Waals surface area contributed by atoms with Gasteiger partial charge >= 0.3 is 0 Å². The van der Waals surface area contributed by atoms with Crippen molar-refractivity contribution in [1.82, 2.24) is 0 Å². The molecule has 0 spiro atoms. The number of rotatable bonds is 9. The van der Waals surface area contributed by atoms with Crippen LogP contribution < -0.4 is 21.1 Å². The molecular formula is C29H34N4O7. The van der Waals surface area contributed by atoms with E-state index in [1.807, 2.05) is 32.0 Å². The molecule has 1 fully saturated rings. The van der Waals surface area contributed by atoms with E-state index >= 15 is 0 Å². The maximum Gasteiger partial charge on any atom is 0.251 e. The van der Waals surface area contributed by atoms with Crippen molar-refractivity contribution in [2.24, 2.45) is 5.73 Å². The fourth-order valence-electron chi connectivity index (χ4n) is 4.55. The molecule has 1 amide bonds. The van der Waals surface area contributed by atoms with Crippen molar-refractivity contribution in [3.8, 4) is 5.75 Å². The van der Waals surface area contributed by atoms with Crippen LogP contribution in [0.15, 0.2) is 66.7 Å². The molecule has 0 aromatic heterocycles. The predicted octanol–water partition coefficient (Wildman–Crippen LogP) is 1.56. The Hall–Kier alpha value is -4.00. The second-order valence-corrected chi connectivity index (χ2v) is 9.68. The number of nitrogens with one attached hydrogen (secondary N) is 3. The third-order valence-corrected chi connectivity index (χ3v) is 6.80. The number of nitrogen functional groups attached to an aromatic ring is 1. The Bertz CT molecular complexity index is 1350.